The van der Waals surface area contributed by atoms with E-state index >= 15 is 0 Å². The molecule has 1 aromatic carbocycles. The van der Waals surface area contributed by atoms with Crippen molar-refractivity contribution in [3.8, 4) is 33.5 Å². The molecule has 0 atom stereocenters. The number of aryl methyl sites for hydroxylation is 1. The zero-order valence-corrected chi connectivity index (χ0v) is 17.1. The molecule has 3 aromatic heterocycles. The average molecular weight is 415 g/mol. The molecule has 7 nitrogen and oxygen atoms in total. The van der Waals surface area contributed by atoms with E-state index in [1.54, 1.807) is 31.8 Å². The third kappa shape index (κ3) is 3.63. The van der Waals surface area contributed by atoms with Gasteiger partial charge in [0.05, 0.1) is 37.3 Å². The number of aromatic nitrogens is 3. The van der Waals surface area contributed by atoms with Crippen LogP contribution >= 0.6 is 23.1 Å². The van der Waals surface area contributed by atoms with Crippen LogP contribution in [0.3, 0.4) is 0 Å². The fourth-order valence-electron chi connectivity index (χ4n) is 2.67. The molecule has 28 heavy (non-hydrogen) atoms. The highest BCUT2D eigenvalue weighted by Crippen LogP contribution is 2.39. The smallest absolute Gasteiger partial charge is 0.277 e. The van der Waals surface area contributed by atoms with E-state index < -0.39 is 0 Å². The Morgan fingerprint density at radius 1 is 1.11 bits per heavy atom. The van der Waals surface area contributed by atoms with Gasteiger partial charge in [-0.15, -0.1) is 21.5 Å². The predicted octanol–water partition coefficient (Wildman–Crippen LogP) is 5.07. The Bertz CT molecular complexity index is 1090. The van der Waals surface area contributed by atoms with Gasteiger partial charge in [-0.05, 0) is 25.1 Å². The quantitative estimate of drug-likeness (QED) is 0.387. The molecule has 0 bridgehead atoms. The van der Waals surface area contributed by atoms with Crippen molar-refractivity contribution in [1.29, 1.82) is 0 Å². The number of rotatable bonds is 7. The van der Waals surface area contributed by atoms with Crippen molar-refractivity contribution in [2.45, 2.75) is 17.9 Å². The molecule has 0 N–H and O–H groups in total. The van der Waals surface area contributed by atoms with Crippen molar-refractivity contribution in [3.05, 3.63) is 47.4 Å². The van der Waals surface area contributed by atoms with Gasteiger partial charge in [-0.3, -0.25) is 0 Å². The molecule has 9 heteroatoms. The largest absolute Gasteiger partial charge is 0.493 e. The zero-order chi connectivity index (χ0) is 19.5. The summed E-state index contributed by atoms with van der Waals surface area (Å²) in [6.45, 7) is 1.86. The van der Waals surface area contributed by atoms with Crippen LogP contribution in [0.15, 0.2) is 50.0 Å². The molecular formula is C19H17N3O4S2. The molecule has 0 spiro atoms. The highest BCUT2D eigenvalue weighted by atomic mass is 32.2. The number of thiazole rings is 1. The number of para-hydroxylation sites is 1. The fourth-order valence-corrected chi connectivity index (χ4v) is 4.27. The summed E-state index contributed by atoms with van der Waals surface area (Å²) in [5.74, 6) is 3.18. The molecule has 0 saturated carbocycles. The predicted molar refractivity (Wildman–Crippen MR) is 107 cm³/mol. The summed E-state index contributed by atoms with van der Waals surface area (Å²) in [7, 11) is 3.25. The summed E-state index contributed by atoms with van der Waals surface area (Å²) in [6.07, 6.45) is 1.60. The van der Waals surface area contributed by atoms with Crippen molar-refractivity contribution >= 4 is 23.1 Å². The number of methoxy groups -OCH3 is 2. The standard InChI is InChI=1S/C19H17N3O4S2/c1-11-13(7-8-25-11)17-21-22-19(26-17)28-10-12-9-27-18(20-12)14-5-4-6-15(23-2)16(14)24-3/h4-9H,10H2,1-3H3. The number of thioether (sulfide) groups is 1. The van der Waals surface area contributed by atoms with E-state index in [2.05, 4.69) is 10.2 Å². The van der Waals surface area contributed by atoms with Gasteiger partial charge in [-0.25, -0.2) is 4.98 Å². The Labute approximate surface area is 169 Å². The number of furan rings is 1. The molecule has 4 rings (SSSR count). The lowest BCUT2D eigenvalue weighted by Gasteiger charge is -2.10. The van der Waals surface area contributed by atoms with Crippen molar-refractivity contribution in [2.24, 2.45) is 0 Å². The molecule has 0 aliphatic rings. The van der Waals surface area contributed by atoms with Crippen LogP contribution in [-0.4, -0.2) is 29.4 Å². The van der Waals surface area contributed by atoms with Crippen LogP contribution in [0.1, 0.15) is 11.5 Å². The summed E-state index contributed by atoms with van der Waals surface area (Å²) < 4.78 is 21.9. The van der Waals surface area contributed by atoms with Gasteiger partial charge < -0.3 is 18.3 Å². The molecule has 0 saturated heterocycles. The SMILES string of the molecule is COc1cccc(-c2nc(CSc3nnc(-c4ccoc4C)o3)cs2)c1OC. The maximum absolute atomic E-state index is 5.71. The summed E-state index contributed by atoms with van der Waals surface area (Å²) in [6, 6.07) is 7.56. The first kappa shape index (κ1) is 18.6. The lowest BCUT2D eigenvalue weighted by molar-refractivity contribution is 0.356. The molecule has 3 heterocycles. The van der Waals surface area contributed by atoms with Gasteiger partial charge >= 0.3 is 0 Å². The van der Waals surface area contributed by atoms with Crippen LogP contribution < -0.4 is 9.47 Å². The highest BCUT2D eigenvalue weighted by Gasteiger charge is 2.16. The molecule has 0 unspecified atom stereocenters. The molecule has 0 aliphatic carbocycles. The van der Waals surface area contributed by atoms with Crippen molar-refractivity contribution in [2.75, 3.05) is 14.2 Å². The van der Waals surface area contributed by atoms with Crippen molar-refractivity contribution in [3.63, 3.8) is 0 Å². The normalized spacial score (nSPS) is 11.0. The number of hydrogen-bond donors (Lipinski definition) is 0. The Balaban J connectivity index is 1.48. The van der Waals surface area contributed by atoms with Gasteiger partial charge in [0.1, 0.15) is 10.8 Å². The first-order valence-electron chi connectivity index (χ1n) is 8.36. The maximum atomic E-state index is 5.71. The minimum atomic E-state index is 0.453. The van der Waals surface area contributed by atoms with E-state index in [0.29, 0.717) is 28.4 Å². The lowest BCUT2D eigenvalue weighted by Crippen LogP contribution is -1.93. The van der Waals surface area contributed by atoms with Crippen LogP contribution in [0.4, 0.5) is 0 Å². The number of ether oxygens (including phenoxy) is 2. The van der Waals surface area contributed by atoms with Gasteiger partial charge in [-0.1, -0.05) is 17.8 Å². The van der Waals surface area contributed by atoms with Gasteiger partial charge in [0.15, 0.2) is 11.5 Å². The molecule has 0 radical (unpaired) electrons. The Hall–Kier alpha value is -2.78. The second-order valence-corrected chi connectivity index (χ2v) is 7.52. The Morgan fingerprint density at radius 2 is 2.00 bits per heavy atom. The molecule has 144 valence electrons. The summed E-state index contributed by atoms with van der Waals surface area (Å²) >= 11 is 2.99. The monoisotopic (exact) mass is 415 g/mol. The number of hydrogen-bond acceptors (Lipinski definition) is 9. The summed E-state index contributed by atoms with van der Waals surface area (Å²) in [4.78, 5) is 4.71. The minimum absolute atomic E-state index is 0.453. The molecule has 4 aromatic rings. The fraction of sp³-hybridized carbons (Fsp3) is 0.211. The molecule has 0 aliphatic heterocycles. The second kappa shape index (κ2) is 8.07. The maximum Gasteiger partial charge on any atom is 0.277 e. The van der Waals surface area contributed by atoms with Crippen LogP contribution in [-0.2, 0) is 5.75 Å². The lowest BCUT2D eigenvalue weighted by atomic mass is 10.2. The Morgan fingerprint density at radius 3 is 2.75 bits per heavy atom. The van der Waals surface area contributed by atoms with E-state index in [1.807, 2.05) is 36.6 Å². The van der Waals surface area contributed by atoms with Crippen LogP contribution in [0, 0.1) is 6.92 Å². The third-order valence-corrected chi connectivity index (χ3v) is 5.80. The average Bonchev–Trinajstić information content (AvgIpc) is 3.46. The van der Waals surface area contributed by atoms with Crippen molar-refractivity contribution in [1.82, 2.24) is 15.2 Å². The van der Waals surface area contributed by atoms with E-state index in [0.717, 1.165) is 27.6 Å². The molecule has 0 fully saturated rings. The highest BCUT2D eigenvalue weighted by molar-refractivity contribution is 7.98. The van der Waals surface area contributed by atoms with E-state index in [1.165, 1.54) is 11.8 Å². The number of nitrogens with zero attached hydrogens (tertiary/aromatic N) is 3. The number of benzene rings is 1. The molecular weight excluding hydrogens is 398 g/mol. The van der Waals surface area contributed by atoms with Crippen LogP contribution in [0.2, 0.25) is 0 Å². The molecule has 0 amide bonds. The summed E-state index contributed by atoms with van der Waals surface area (Å²) in [5.41, 5.74) is 2.63. The van der Waals surface area contributed by atoms with E-state index in [9.17, 15) is 0 Å². The van der Waals surface area contributed by atoms with Crippen LogP contribution in [0.5, 0.6) is 11.5 Å². The Kier molecular flexibility index (Phi) is 5.36. The second-order valence-electron chi connectivity index (χ2n) is 5.74. The topological polar surface area (TPSA) is 83.4 Å². The van der Waals surface area contributed by atoms with E-state index in [-0.39, 0.29) is 0 Å². The van der Waals surface area contributed by atoms with Gasteiger partial charge in [-0.2, -0.15) is 0 Å². The first-order chi connectivity index (χ1) is 13.7. The van der Waals surface area contributed by atoms with E-state index in [4.69, 9.17) is 23.3 Å². The van der Waals surface area contributed by atoms with Gasteiger partial charge in [0, 0.05) is 11.1 Å². The van der Waals surface area contributed by atoms with Crippen LogP contribution in [0.25, 0.3) is 22.0 Å². The van der Waals surface area contributed by atoms with Gasteiger partial charge in [0.25, 0.3) is 11.1 Å². The minimum Gasteiger partial charge on any atom is -0.493 e. The van der Waals surface area contributed by atoms with Crippen molar-refractivity contribution < 1.29 is 18.3 Å². The van der Waals surface area contributed by atoms with Gasteiger partial charge in [0.2, 0.25) is 0 Å². The summed E-state index contributed by atoms with van der Waals surface area (Å²) in [5, 5.41) is 11.5. The third-order valence-electron chi connectivity index (χ3n) is 4.02. The zero-order valence-electron chi connectivity index (χ0n) is 15.5. The first-order valence-corrected chi connectivity index (χ1v) is 10.2.